The van der Waals surface area contributed by atoms with Gasteiger partial charge in [0.15, 0.2) is 5.96 Å². The molecular formula is C21H41N5O2. The summed E-state index contributed by atoms with van der Waals surface area (Å²) in [6, 6.07) is 0.329. The van der Waals surface area contributed by atoms with Gasteiger partial charge in [-0.15, -0.1) is 6.58 Å². The van der Waals surface area contributed by atoms with Gasteiger partial charge in [0.25, 0.3) is 0 Å². The summed E-state index contributed by atoms with van der Waals surface area (Å²) in [5.41, 5.74) is -0.508. The minimum atomic E-state index is -0.508. The van der Waals surface area contributed by atoms with Crippen LogP contribution in [-0.2, 0) is 4.74 Å². The van der Waals surface area contributed by atoms with Crippen LogP contribution in [0.2, 0.25) is 0 Å². The zero-order chi connectivity index (χ0) is 21.2. The van der Waals surface area contributed by atoms with Crippen molar-refractivity contribution < 1.29 is 9.53 Å². The number of carbonyl (C=O) groups excluding carboxylic acids is 1. The van der Waals surface area contributed by atoms with Crippen molar-refractivity contribution in [2.45, 2.75) is 72.1 Å². The Balaban J connectivity index is 2.62. The van der Waals surface area contributed by atoms with Crippen LogP contribution in [0.3, 0.4) is 0 Å². The topological polar surface area (TPSA) is 78.0 Å². The number of rotatable bonds is 8. The van der Waals surface area contributed by atoms with Gasteiger partial charge >= 0.3 is 6.09 Å². The number of ether oxygens (including phenoxy) is 1. The van der Waals surface area contributed by atoms with Crippen molar-refractivity contribution in [1.82, 2.24) is 20.9 Å². The SMILES string of the molecule is C=CCN1CCC(NC(=NCC(NC(=O)OC(C)(C)C)C(C)C)NCC)CC1. The van der Waals surface area contributed by atoms with E-state index in [0.717, 1.165) is 45.0 Å². The molecule has 1 rings (SSSR count). The molecule has 0 bridgehead atoms. The highest BCUT2D eigenvalue weighted by atomic mass is 16.6. The van der Waals surface area contributed by atoms with Crippen molar-refractivity contribution in [3.8, 4) is 0 Å². The van der Waals surface area contributed by atoms with Gasteiger partial charge in [-0.3, -0.25) is 9.89 Å². The van der Waals surface area contributed by atoms with Crippen molar-refractivity contribution in [2.24, 2.45) is 10.9 Å². The van der Waals surface area contributed by atoms with E-state index in [9.17, 15) is 4.79 Å². The van der Waals surface area contributed by atoms with Crippen molar-refractivity contribution in [2.75, 3.05) is 32.7 Å². The number of nitrogens with zero attached hydrogens (tertiary/aromatic N) is 2. The molecule has 1 amide bonds. The third-order valence-corrected chi connectivity index (χ3v) is 4.61. The van der Waals surface area contributed by atoms with Crippen molar-refractivity contribution in [3.63, 3.8) is 0 Å². The molecule has 0 aromatic rings. The Hall–Kier alpha value is -1.76. The molecule has 0 aromatic carbocycles. The molecule has 1 fully saturated rings. The summed E-state index contributed by atoms with van der Waals surface area (Å²) in [5.74, 6) is 1.06. The number of guanidine groups is 1. The Morgan fingerprint density at radius 3 is 2.46 bits per heavy atom. The lowest BCUT2D eigenvalue weighted by Crippen LogP contribution is -2.49. The summed E-state index contributed by atoms with van der Waals surface area (Å²) in [7, 11) is 0. The Labute approximate surface area is 171 Å². The Bertz CT molecular complexity index is 505. The smallest absolute Gasteiger partial charge is 0.407 e. The molecule has 0 saturated carbocycles. The van der Waals surface area contributed by atoms with Crippen molar-refractivity contribution >= 4 is 12.1 Å². The summed E-state index contributed by atoms with van der Waals surface area (Å²) in [6.07, 6.45) is 3.74. The van der Waals surface area contributed by atoms with E-state index in [4.69, 9.17) is 9.73 Å². The van der Waals surface area contributed by atoms with E-state index in [0.29, 0.717) is 12.6 Å². The van der Waals surface area contributed by atoms with Crippen molar-refractivity contribution in [1.29, 1.82) is 0 Å². The maximum atomic E-state index is 12.1. The van der Waals surface area contributed by atoms with E-state index in [-0.39, 0.29) is 12.0 Å². The predicted molar refractivity (Wildman–Crippen MR) is 117 cm³/mol. The lowest BCUT2D eigenvalue weighted by molar-refractivity contribution is 0.0493. The molecule has 0 aliphatic carbocycles. The average Bonchev–Trinajstić information content (AvgIpc) is 2.58. The zero-order valence-corrected chi connectivity index (χ0v) is 18.7. The van der Waals surface area contributed by atoms with Gasteiger partial charge in [-0.05, 0) is 46.5 Å². The Kier molecular flexibility index (Phi) is 10.4. The number of likely N-dealkylation sites (tertiary alicyclic amines) is 1. The van der Waals surface area contributed by atoms with E-state index in [1.807, 2.05) is 26.8 Å². The lowest BCUT2D eigenvalue weighted by atomic mass is 10.0. The van der Waals surface area contributed by atoms with Crippen LogP contribution in [0.15, 0.2) is 17.6 Å². The normalized spacial score (nSPS) is 17.9. The summed E-state index contributed by atoms with van der Waals surface area (Å²) in [6.45, 7) is 20.0. The molecule has 162 valence electrons. The van der Waals surface area contributed by atoms with E-state index >= 15 is 0 Å². The highest BCUT2D eigenvalue weighted by Gasteiger charge is 2.22. The Morgan fingerprint density at radius 2 is 1.96 bits per heavy atom. The third kappa shape index (κ3) is 9.97. The zero-order valence-electron chi connectivity index (χ0n) is 18.7. The molecular weight excluding hydrogens is 354 g/mol. The molecule has 1 aliphatic heterocycles. The number of hydrogen-bond donors (Lipinski definition) is 3. The predicted octanol–water partition coefficient (Wildman–Crippen LogP) is 2.74. The van der Waals surface area contributed by atoms with Gasteiger partial charge in [-0.25, -0.2) is 4.79 Å². The average molecular weight is 396 g/mol. The monoisotopic (exact) mass is 395 g/mol. The van der Waals surface area contributed by atoms with Gasteiger partial charge in [0.05, 0.1) is 12.6 Å². The molecule has 1 heterocycles. The van der Waals surface area contributed by atoms with Crippen LogP contribution >= 0.6 is 0 Å². The molecule has 28 heavy (non-hydrogen) atoms. The summed E-state index contributed by atoms with van der Waals surface area (Å²) in [4.78, 5) is 19.3. The number of alkyl carbamates (subject to hydrolysis) is 1. The molecule has 0 aromatic heterocycles. The first-order chi connectivity index (χ1) is 13.1. The largest absolute Gasteiger partial charge is 0.444 e. The van der Waals surface area contributed by atoms with Crippen LogP contribution in [0.5, 0.6) is 0 Å². The molecule has 3 N–H and O–H groups in total. The van der Waals surface area contributed by atoms with E-state index in [1.165, 1.54) is 0 Å². The van der Waals surface area contributed by atoms with Gasteiger partial charge in [0, 0.05) is 32.2 Å². The van der Waals surface area contributed by atoms with Crippen LogP contribution in [0.4, 0.5) is 4.79 Å². The maximum Gasteiger partial charge on any atom is 0.407 e. The Morgan fingerprint density at radius 1 is 1.32 bits per heavy atom. The molecule has 1 atom stereocenters. The summed E-state index contributed by atoms with van der Waals surface area (Å²) >= 11 is 0. The first-order valence-electron chi connectivity index (χ1n) is 10.5. The van der Waals surface area contributed by atoms with Crippen LogP contribution in [0.1, 0.15) is 54.4 Å². The molecule has 0 radical (unpaired) electrons. The lowest BCUT2D eigenvalue weighted by Gasteiger charge is -2.32. The highest BCUT2D eigenvalue weighted by Crippen LogP contribution is 2.11. The van der Waals surface area contributed by atoms with Gasteiger partial charge in [0.1, 0.15) is 5.60 Å². The van der Waals surface area contributed by atoms with Crippen molar-refractivity contribution in [3.05, 3.63) is 12.7 Å². The number of hydrogen-bond acceptors (Lipinski definition) is 4. The van der Waals surface area contributed by atoms with Gasteiger partial charge < -0.3 is 20.7 Å². The van der Waals surface area contributed by atoms with Crippen LogP contribution in [0, 0.1) is 5.92 Å². The fourth-order valence-electron chi connectivity index (χ4n) is 3.03. The highest BCUT2D eigenvalue weighted by molar-refractivity contribution is 5.80. The molecule has 0 spiro atoms. The third-order valence-electron chi connectivity index (χ3n) is 4.61. The minimum Gasteiger partial charge on any atom is -0.444 e. The van der Waals surface area contributed by atoms with E-state index in [2.05, 4.69) is 48.2 Å². The van der Waals surface area contributed by atoms with Gasteiger partial charge in [0.2, 0.25) is 0 Å². The van der Waals surface area contributed by atoms with Gasteiger partial charge in [-0.2, -0.15) is 0 Å². The molecule has 7 heteroatoms. The van der Waals surface area contributed by atoms with Gasteiger partial charge in [-0.1, -0.05) is 19.9 Å². The standard InChI is InChI=1S/C21H41N5O2/c1-8-12-26-13-10-17(11-14-26)24-19(22-9-2)23-15-18(16(3)4)25-20(27)28-21(5,6)7/h8,16-18H,1,9-15H2,2-7H3,(H,25,27)(H2,22,23,24). The summed E-state index contributed by atoms with van der Waals surface area (Å²) in [5, 5.41) is 9.82. The van der Waals surface area contributed by atoms with E-state index in [1.54, 1.807) is 0 Å². The minimum absolute atomic E-state index is 0.0836. The fraction of sp³-hybridized carbons (Fsp3) is 0.810. The number of amides is 1. The molecule has 1 saturated heterocycles. The first-order valence-corrected chi connectivity index (χ1v) is 10.5. The number of aliphatic imine (C=N–C) groups is 1. The number of carbonyl (C=O) groups is 1. The number of nitrogens with one attached hydrogen (secondary N) is 3. The van der Waals surface area contributed by atoms with Crippen LogP contribution < -0.4 is 16.0 Å². The second kappa shape index (κ2) is 11.9. The molecule has 1 unspecified atom stereocenters. The second-order valence-corrected chi connectivity index (χ2v) is 8.72. The summed E-state index contributed by atoms with van der Waals surface area (Å²) < 4.78 is 5.38. The molecule has 7 nitrogen and oxygen atoms in total. The first kappa shape index (κ1) is 24.3. The second-order valence-electron chi connectivity index (χ2n) is 8.72. The number of piperidine rings is 1. The van der Waals surface area contributed by atoms with Crippen LogP contribution in [-0.4, -0.2) is 67.4 Å². The molecule has 1 aliphatic rings. The van der Waals surface area contributed by atoms with E-state index < -0.39 is 11.7 Å². The quantitative estimate of drug-likeness (QED) is 0.335. The van der Waals surface area contributed by atoms with Crippen LogP contribution in [0.25, 0.3) is 0 Å². The fourth-order valence-corrected chi connectivity index (χ4v) is 3.03. The maximum absolute atomic E-state index is 12.1.